The van der Waals surface area contributed by atoms with Crippen LogP contribution in [0.3, 0.4) is 0 Å². The standard InChI is InChI=1S/C25H22N2O5S/c1-33-18-12-10-17(11-13-18)26-21(28)15-32-22(29)9-4-14-27-24(30)19-7-2-5-16-6-3-8-20(23(16)19)25(27)31/h2-3,5-8,10-13H,4,9,14-15H2,1H3,(H,26,28). The van der Waals surface area contributed by atoms with Crippen molar-refractivity contribution < 1.29 is 23.9 Å². The molecular formula is C25H22N2O5S. The van der Waals surface area contributed by atoms with E-state index in [4.69, 9.17) is 4.74 Å². The van der Waals surface area contributed by atoms with Gasteiger partial charge in [0.1, 0.15) is 0 Å². The SMILES string of the molecule is CSc1ccc(NC(=O)COC(=O)CCCN2C(=O)c3cccc4cccc(c34)C2=O)cc1. The Morgan fingerprint density at radius 1 is 0.939 bits per heavy atom. The molecule has 33 heavy (non-hydrogen) atoms. The van der Waals surface area contributed by atoms with E-state index in [1.54, 1.807) is 48.2 Å². The number of ether oxygens (including phenoxy) is 1. The molecule has 3 aromatic carbocycles. The Morgan fingerprint density at radius 2 is 1.58 bits per heavy atom. The average molecular weight is 463 g/mol. The number of carbonyl (C=O) groups excluding carboxylic acids is 4. The lowest BCUT2D eigenvalue weighted by atomic mass is 9.94. The highest BCUT2D eigenvalue weighted by atomic mass is 32.2. The minimum absolute atomic E-state index is 0.0153. The largest absolute Gasteiger partial charge is 0.456 e. The molecule has 0 saturated heterocycles. The van der Waals surface area contributed by atoms with E-state index in [-0.39, 0.29) is 31.2 Å². The number of nitrogens with zero attached hydrogens (tertiary/aromatic N) is 1. The van der Waals surface area contributed by atoms with E-state index in [9.17, 15) is 19.2 Å². The van der Waals surface area contributed by atoms with Crippen LogP contribution in [0.25, 0.3) is 10.8 Å². The van der Waals surface area contributed by atoms with Crippen LogP contribution in [0.15, 0.2) is 65.6 Å². The first-order chi connectivity index (χ1) is 16.0. The zero-order chi connectivity index (χ0) is 23.4. The Labute approximate surface area is 195 Å². The molecule has 0 spiro atoms. The Kier molecular flexibility index (Phi) is 6.74. The van der Waals surface area contributed by atoms with Gasteiger partial charge < -0.3 is 10.1 Å². The fourth-order valence-electron chi connectivity index (χ4n) is 3.75. The Bertz CT molecular complexity index is 1190. The van der Waals surface area contributed by atoms with Crippen molar-refractivity contribution in [3.05, 3.63) is 71.8 Å². The van der Waals surface area contributed by atoms with Crippen molar-refractivity contribution in [1.29, 1.82) is 0 Å². The van der Waals surface area contributed by atoms with E-state index in [2.05, 4.69) is 5.32 Å². The number of rotatable bonds is 8. The second kappa shape index (κ2) is 9.87. The van der Waals surface area contributed by atoms with Crippen molar-refractivity contribution in [2.45, 2.75) is 17.7 Å². The molecule has 1 aliphatic rings. The van der Waals surface area contributed by atoms with E-state index in [0.29, 0.717) is 22.2 Å². The monoisotopic (exact) mass is 462 g/mol. The molecule has 3 amide bonds. The topological polar surface area (TPSA) is 92.8 Å². The summed E-state index contributed by atoms with van der Waals surface area (Å²) >= 11 is 1.60. The number of amides is 3. The second-order valence-electron chi connectivity index (χ2n) is 7.51. The molecular weight excluding hydrogens is 440 g/mol. The van der Waals surface area contributed by atoms with Crippen molar-refractivity contribution in [2.24, 2.45) is 0 Å². The highest BCUT2D eigenvalue weighted by Gasteiger charge is 2.32. The molecule has 0 saturated carbocycles. The van der Waals surface area contributed by atoms with Gasteiger partial charge in [0.05, 0.1) is 0 Å². The predicted octanol–water partition coefficient (Wildman–Crippen LogP) is 4.12. The fourth-order valence-corrected chi connectivity index (χ4v) is 4.16. The first-order valence-electron chi connectivity index (χ1n) is 10.5. The summed E-state index contributed by atoms with van der Waals surface area (Å²) in [5, 5.41) is 4.17. The average Bonchev–Trinajstić information content (AvgIpc) is 2.83. The van der Waals surface area contributed by atoms with Gasteiger partial charge in [-0.2, -0.15) is 0 Å². The Morgan fingerprint density at radius 3 is 2.18 bits per heavy atom. The number of hydrogen-bond acceptors (Lipinski definition) is 6. The third-order valence-corrected chi connectivity index (χ3v) is 6.10. The summed E-state index contributed by atoms with van der Waals surface area (Å²) in [4.78, 5) is 52.0. The lowest BCUT2D eigenvalue weighted by molar-refractivity contribution is -0.147. The maximum atomic E-state index is 12.9. The Balaban J connectivity index is 1.27. The summed E-state index contributed by atoms with van der Waals surface area (Å²) < 4.78 is 5.02. The van der Waals surface area contributed by atoms with Gasteiger partial charge >= 0.3 is 5.97 Å². The van der Waals surface area contributed by atoms with E-state index in [1.165, 1.54) is 0 Å². The molecule has 3 aromatic rings. The molecule has 8 heteroatoms. The van der Waals surface area contributed by atoms with E-state index < -0.39 is 18.5 Å². The smallest absolute Gasteiger partial charge is 0.306 e. The van der Waals surface area contributed by atoms with Crippen LogP contribution in [-0.4, -0.2) is 48.0 Å². The summed E-state index contributed by atoms with van der Waals surface area (Å²) in [6.07, 6.45) is 2.19. The number of nitrogens with one attached hydrogen (secondary N) is 1. The van der Waals surface area contributed by atoms with E-state index in [0.717, 1.165) is 15.2 Å². The van der Waals surface area contributed by atoms with Crippen LogP contribution in [0.1, 0.15) is 33.6 Å². The summed E-state index contributed by atoms with van der Waals surface area (Å²) in [5.74, 6) is -1.75. The van der Waals surface area contributed by atoms with E-state index in [1.807, 2.05) is 30.5 Å². The summed E-state index contributed by atoms with van der Waals surface area (Å²) in [5.41, 5.74) is 1.58. The highest BCUT2D eigenvalue weighted by molar-refractivity contribution is 7.98. The van der Waals surface area contributed by atoms with Crippen LogP contribution >= 0.6 is 11.8 Å². The molecule has 0 unspecified atom stereocenters. The second-order valence-corrected chi connectivity index (χ2v) is 8.39. The van der Waals surface area contributed by atoms with Gasteiger partial charge in [-0.15, -0.1) is 11.8 Å². The number of imide groups is 1. The first-order valence-corrected chi connectivity index (χ1v) is 11.7. The third kappa shape index (κ3) is 4.90. The van der Waals surface area contributed by atoms with Gasteiger partial charge in [0.15, 0.2) is 6.61 Å². The molecule has 0 atom stereocenters. The number of hydrogen-bond donors (Lipinski definition) is 1. The molecule has 4 rings (SSSR count). The Hall–Kier alpha value is -3.65. The van der Waals surface area contributed by atoms with Gasteiger partial charge in [0.25, 0.3) is 17.7 Å². The van der Waals surface area contributed by atoms with Crippen LogP contribution in [0.5, 0.6) is 0 Å². The van der Waals surface area contributed by atoms with Crippen LogP contribution in [0.4, 0.5) is 5.69 Å². The lowest BCUT2D eigenvalue weighted by Gasteiger charge is -2.27. The highest BCUT2D eigenvalue weighted by Crippen LogP contribution is 2.30. The molecule has 0 aliphatic carbocycles. The van der Waals surface area contributed by atoms with Crippen molar-refractivity contribution >= 4 is 51.9 Å². The molecule has 0 aromatic heterocycles. The van der Waals surface area contributed by atoms with Gasteiger partial charge in [-0.3, -0.25) is 24.1 Å². The minimum atomic E-state index is -0.567. The van der Waals surface area contributed by atoms with Crippen LogP contribution in [0.2, 0.25) is 0 Å². The molecule has 0 fully saturated rings. The zero-order valence-corrected chi connectivity index (χ0v) is 18.8. The maximum Gasteiger partial charge on any atom is 0.306 e. The van der Waals surface area contributed by atoms with Crippen molar-refractivity contribution in [2.75, 3.05) is 24.7 Å². The number of benzene rings is 3. The number of thioether (sulfide) groups is 1. The lowest BCUT2D eigenvalue weighted by Crippen LogP contribution is -2.41. The number of carbonyl (C=O) groups is 4. The van der Waals surface area contributed by atoms with Gasteiger partial charge in [-0.25, -0.2) is 0 Å². The molecule has 168 valence electrons. The number of esters is 1. The third-order valence-electron chi connectivity index (χ3n) is 5.36. The molecule has 0 radical (unpaired) electrons. The van der Waals surface area contributed by atoms with Crippen LogP contribution < -0.4 is 5.32 Å². The predicted molar refractivity (Wildman–Crippen MR) is 126 cm³/mol. The minimum Gasteiger partial charge on any atom is -0.456 e. The normalized spacial score (nSPS) is 12.7. The zero-order valence-electron chi connectivity index (χ0n) is 18.0. The maximum absolute atomic E-state index is 12.9. The molecule has 1 heterocycles. The summed E-state index contributed by atoms with van der Waals surface area (Å²) in [6, 6.07) is 18.0. The summed E-state index contributed by atoms with van der Waals surface area (Å²) in [7, 11) is 0. The van der Waals surface area contributed by atoms with E-state index >= 15 is 0 Å². The van der Waals surface area contributed by atoms with Crippen LogP contribution in [0, 0.1) is 0 Å². The first kappa shape index (κ1) is 22.5. The van der Waals surface area contributed by atoms with Crippen molar-refractivity contribution in [3.63, 3.8) is 0 Å². The molecule has 1 N–H and O–H groups in total. The number of anilines is 1. The van der Waals surface area contributed by atoms with Crippen molar-refractivity contribution in [3.8, 4) is 0 Å². The van der Waals surface area contributed by atoms with Gasteiger partial charge in [0.2, 0.25) is 0 Å². The molecule has 1 aliphatic heterocycles. The van der Waals surface area contributed by atoms with Crippen molar-refractivity contribution in [1.82, 2.24) is 4.90 Å². The van der Waals surface area contributed by atoms with Gasteiger partial charge in [0, 0.05) is 40.1 Å². The molecule has 0 bridgehead atoms. The van der Waals surface area contributed by atoms with Crippen LogP contribution in [-0.2, 0) is 14.3 Å². The quantitative estimate of drug-likeness (QED) is 0.308. The van der Waals surface area contributed by atoms with Gasteiger partial charge in [-0.1, -0.05) is 24.3 Å². The summed E-state index contributed by atoms with van der Waals surface area (Å²) in [6.45, 7) is -0.314. The fraction of sp³-hybridized carbons (Fsp3) is 0.200. The van der Waals surface area contributed by atoms with Gasteiger partial charge in [-0.05, 0) is 54.5 Å². The molecule has 7 nitrogen and oxygen atoms in total.